The van der Waals surface area contributed by atoms with Crippen LogP contribution in [-0.2, 0) is 9.53 Å². The predicted molar refractivity (Wildman–Crippen MR) is 96.5 cm³/mol. The first-order valence-electron chi connectivity index (χ1n) is 9.41. The molecule has 3 fully saturated rings. The van der Waals surface area contributed by atoms with E-state index in [1.165, 1.54) is 38.5 Å². The van der Waals surface area contributed by atoms with Crippen molar-refractivity contribution >= 4 is 11.7 Å². The summed E-state index contributed by atoms with van der Waals surface area (Å²) < 4.78 is 5.90. The quantitative estimate of drug-likeness (QED) is 0.308. The van der Waals surface area contributed by atoms with Crippen LogP contribution in [0.4, 0.5) is 0 Å². The van der Waals surface area contributed by atoms with Crippen molar-refractivity contribution in [2.75, 3.05) is 0 Å². The molecule has 2 bridgehead atoms. The topological polar surface area (TPSA) is 70.4 Å². The number of fused-ring (bicyclic) bond motifs is 1. The van der Waals surface area contributed by atoms with Gasteiger partial charge in [-0.2, -0.15) is 0 Å². The Balaban J connectivity index is 1.68. The van der Waals surface area contributed by atoms with E-state index in [4.69, 9.17) is 15.3 Å². The van der Waals surface area contributed by atoms with E-state index in [9.17, 15) is 4.79 Å². The Bertz CT molecular complexity index is 477. The maximum atomic E-state index is 10.6. The van der Waals surface area contributed by atoms with Crippen LogP contribution in [0.2, 0.25) is 0 Å². The number of hydrogen-bond acceptors (Lipinski definition) is 3. The van der Waals surface area contributed by atoms with Gasteiger partial charge in [0.1, 0.15) is 5.71 Å². The number of hydrogen-bond donors (Lipinski definition) is 2. The molecule has 0 radical (unpaired) electrons. The molecule has 1 aliphatic carbocycles. The van der Waals surface area contributed by atoms with Gasteiger partial charge in [0, 0.05) is 12.3 Å². The highest BCUT2D eigenvalue weighted by Gasteiger charge is 2.51. The summed E-state index contributed by atoms with van der Waals surface area (Å²) in [6.07, 6.45) is 19.2. The van der Waals surface area contributed by atoms with E-state index in [0.29, 0.717) is 36.9 Å². The Morgan fingerprint density at radius 1 is 1.17 bits per heavy atom. The number of ether oxygens (including phenoxy) is 1. The monoisotopic (exact) mass is 333 g/mol. The number of unbranched alkanes of at least 4 members (excludes halogenated alkanes) is 4. The standard InChI is InChI=1S/C20H31NO3/c1-2-3-4-5-6-8-11-15-16(19-14-18(15)24-19)12-9-7-10-13-17(21)20(22)23/h7-9,11,15-16,18-19,21H,2-6,10,12-14H2,1H3,(H,22,23)/t15-,16-,18?,19?/m0/s1. The molecule has 4 nitrogen and oxygen atoms in total. The number of aliphatic carboxylic acids is 1. The highest BCUT2D eigenvalue weighted by molar-refractivity contribution is 6.34. The van der Waals surface area contributed by atoms with Crippen LogP contribution in [0.1, 0.15) is 64.7 Å². The Hall–Kier alpha value is -1.42. The van der Waals surface area contributed by atoms with Crippen LogP contribution in [0.5, 0.6) is 0 Å². The minimum absolute atomic E-state index is 0.213. The number of allylic oxidation sites excluding steroid dienone is 3. The van der Waals surface area contributed by atoms with E-state index in [0.717, 1.165) is 6.42 Å². The van der Waals surface area contributed by atoms with E-state index in [1.54, 1.807) is 0 Å². The van der Waals surface area contributed by atoms with E-state index in [1.807, 2.05) is 6.08 Å². The predicted octanol–water partition coefficient (Wildman–Crippen LogP) is 4.75. The second-order valence-corrected chi connectivity index (χ2v) is 7.00. The molecule has 0 amide bonds. The molecule has 2 aliphatic heterocycles. The average molecular weight is 333 g/mol. The van der Waals surface area contributed by atoms with Crippen molar-refractivity contribution < 1.29 is 14.6 Å². The minimum atomic E-state index is -1.11. The van der Waals surface area contributed by atoms with Crippen molar-refractivity contribution in [2.24, 2.45) is 11.8 Å². The Kier molecular flexibility index (Phi) is 7.70. The zero-order chi connectivity index (χ0) is 17.4. The minimum Gasteiger partial charge on any atom is -0.477 e. The second kappa shape index (κ2) is 9.77. The third-order valence-corrected chi connectivity index (χ3v) is 5.19. The molecule has 0 aromatic carbocycles. The number of carboxylic acid groups (broad SMARTS) is 1. The van der Waals surface area contributed by atoms with Gasteiger partial charge in [-0.15, -0.1) is 0 Å². The molecule has 24 heavy (non-hydrogen) atoms. The zero-order valence-electron chi connectivity index (χ0n) is 14.7. The highest BCUT2D eigenvalue weighted by Crippen LogP contribution is 2.48. The molecular formula is C20H31NO3. The van der Waals surface area contributed by atoms with Crippen molar-refractivity contribution in [1.82, 2.24) is 0 Å². The summed E-state index contributed by atoms with van der Waals surface area (Å²) in [6.45, 7) is 2.24. The van der Waals surface area contributed by atoms with E-state index in [2.05, 4.69) is 25.2 Å². The van der Waals surface area contributed by atoms with Gasteiger partial charge in [-0.1, -0.05) is 50.5 Å². The summed E-state index contributed by atoms with van der Waals surface area (Å²) in [5.41, 5.74) is -0.213. The molecule has 2 heterocycles. The maximum Gasteiger partial charge on any atom is 0.349 e. The van der Waals surface area contributed by atoms with Gasteiger partial charge in [0.05, 0.1) is 12.2 Å². The van der Waals surface area contributed by atoms with Gasteiger partial charge in [0.2, 0.25) is 0 Å². The van der Waals surface area contributed by atoms with Crippen LogP contribution in [0.15, 0.2) is 24.3 Å². The molecule has 134 valence electrons. The number of nitrogens with one attached hydrogen (secondary N) is 1. The molecule has 0 aromatic rings. The fraction of sp³-hybridized carbons (Fsp3) is 0.700. The third kappa shape index (κ3) is 5.30. The van der Waals surface area contributed by atoms with Crippen molar-refractivity contribution in [2.45, 2.75) is 76.9 Å². The molecule has 3 rings (SSSR count). The fourth-order valence-electron chi connectivity index (χ4n) is 3.71. The van der Waals surface area contributed by atoms with E-state index in [-0.39, 0.29) is 5.71 Å². The summed E-state index contributed by atoms with van der Waals surface area (Å²) in [5.74, 6) is -0.00207. The van der Waals surface area contributed by atoms with Gasteiger partial charge in [-0.25, -0.2) is 4.79 Å². The SMILES string of the molecule is CCCCCCC=C[C@@H]1C2CC(O2)[C@H]1CC=CCCC(=N)C(=O)O. The lowest BCUT2D eigenvalue weighted by atomic mass is 9.92. The maximum absolute atomic E-state index is 10.6. The molecule has 0 spiro atoms. The van der Waals surface area contributed by atoms with Crippen molar-refractivity contribution in [3.8, 4) is 0 Å². The van der Waals surface area contributed by atoms with Gasteiger partial charge in [0.15, 0.2) is 0 Å². The lowest BCUT2D eigenvalue weighted by Gasteiger charge is -2.25. The second-order valence-electron chi connectivity index (χ2n) is 7.00. The Morgan fingerprint density at radius 2 is 1.96 bits per heavy atom. The molecule has 2 unspecified atom stereocenters. The van der Waals surface area contributed by atoms with Gasteiger partial charge in [-0.3, -0.25) is 5.41 Å². The molecule has 4 atom stereocenters. The summed E-state index contributed by atoms with van der Waals surface area (Å²) >= 11 is 0. The van der Waals surface area contributed by atoms with Crippen LogP contribution in [0.25, 0.3) is 0 Å². The third-order valence-electron chi connectivity index (χ3n) is 5.19. The Morgan fingerprint density at radius 3 is 2.67 bits per heavy atom. The molecule has 2 N–H and O–H groups in total. The highest BCUT2D eigenvalue weighted by atomic mass is 16.5. The summed E-state index contributed by atoms with van der Waals surface area (Å²) in [7, 11) is 0. The first-order chi connectivity index (χ1) is 11.6. The summed E-state index contributed by atoms with van der Waals surface area (Å²) in [4.78, 5) is 10.6. The molecule has 4 heteroatoms. The van der Waals surface area contributed by atoms with Crippen LogP contribution in [-0.4, -0.2) is 29.0 Å². The number of carbonyl (C=O) groups is 1. The average Bonchev–Trinajstić information content (AvgIpc) is 3.02. The smallest absolute Gasteiger partial charge is 0.349 e. The van der Waals surface area contributed by atoms with Crippen LogP contribution in [0, 0.1) is 17.2 Å². The largest absolute Gasteiger partial charge is 0.477 e. The first kappa shape index (κ1) is 18.9. The normalized spacial score (nSPS) is 28.5. The summed E-state index contributed by atoms with van der Waals surface area (Å²) in [5, 5.41) is 16.0. The Labute approximate surface area is 145 Å². The lowest BCUT2D eigenvalue weighted by molar-refractivity contribution is -0.129. The molecule has 1 saturated carbocycles. The molecular weight excluding hydrogens is 302 g/mol. The summed E-state index contributed by atoms with van der Waals surface area (Å²) in [6, 6.07) is 0. The van der Waals surface area contributed by atoms with E-state index < -0.39 is 5.97 Å². The fourth-order valence-corrected chi connectivity index (χ4v) is 3.71. The van der Waals surface area contributed by atoms with Crippen LogP contribution < -0.4 is 0 Å². The van der Waals surface area contributed by atoms with Gasteiger partial charge in [0.25, 0.3) is 0 Å². The molecule has 2 saturated heterocycles. The molecule has 0 aromatic heterocycles. The van der Waals surface area contributed by atoms with Crippen LogP contribution in [0.3, 0.4) is 0 Å². The van der Waals surface area contributed by atoms with Gasteiger partial charge >= 0.3 is 5.97 Å². The lowest BCUT2D eigenvalue weighted by Crippen LogP contribution is -2.29. The van der Waals surface area contributed by atoms with Gasteiger partial charge < -0.3 is 9.84 Å². The van der Waals surface area contributed by atoms with E-state index >= 15 is 0 Å². The first-order valence-corrected chi connectivity index (χ1v) is 9.41. The molecule has 3 aliphatic rings. The van der Waals surface area contributed by atoms with Gasteiger partial charge in [-0.05, 0) is 38.0 Å². The zero-order valence-corrected chi connectivity index (χ0v) is 14.7. The number of rotatable bonds is 12. The van der Waals surface area contributed by atoms with Crippen LogP contribution >= 0.6 is 0 Å². The van der Waals surface area contributed by atoms with Crippen molar-refractivity contribution in [1.29, 1.82) is 5.41 Å². The number of carboxylic acids is 1. The van der Waals surface area contributed by atoms with Crippen molar-refractivity contribution in [3.05, 3.63) is 24.3 Å². The van der Waals surface area contributed by atoms with Crippen molar-refractivity contribution in [3.63, 3.8) is 0 Å².